The zero-order chi connectivity index (χ0) is 11.8. The zero-order valence-electron chi connectivity index (χ0n) is 9.78. The van der Waals surface area contributed by atoms with Crippen molar-refractivity contribution in [3.63, 3.8) is 0 Å². The van der Waals surface area contributed by atoms with Gasteiger partial charge in [0.15, 0.2) is 0 Å². The molecule has 0 atom stereocenters. The van der Waals surface area contributed by atoms with E-state index in [0.29, 0.717) is 25.0 Å². The summed E-state index contributed by atoms with van der Waals surface area (Å²) in [6, 6.07) is 0.283. The Kier molecular flexibility index (Phi) is 5.27. The standard InChI is InChI=1S/C9H17N5O2/c1-4-10-7-12-8(11-5-6-15-2)14-9(13-7)16-3/h4-6H2,1-3H3,(H2,10,11,12,13,14). The van der Waals surface area contributed by atoms with Gasteiger partial charge in [-0.3, -0.25) is 0 Å². The van der Waals surface area contributed by atoms with E-state index >= 15 is 0 Å². The maximum absolute atomic E-state index is 4.97. The Balaban J connectivity index is 2.69. The number of rotatable bonds is 7. The fourth-order valence-electron chi connectivity index (χ4n) is 1.03. The van der Waals surface area contributed by atoms with Crippen molar-refractivity contribution in [1.29, 1.82) is 0 Å². The lowest BCUT2D eigenvalue weighted by Crippen LogP contribution is -2.13. The third-order valence-electron chi connectivity index (χ3n) is 1.72. The van der Waals surface area contributed by atoms with Crippen LogP contribution in [0.1, 0.15) is 6.92 Å². The number of methoxy groups -OCH3 is 2. The molecule has 0 bridgehead atoms. The average Bonchev–Trinajstić information content (AvgIpc) is 2.29. The summed E-state index contributed by atoms with van der Waals surface area (Å²) < 4.78 is 9.89. The summed E-state index contributed by atoms with van der Waals surface area (Å²) in [7, 11) is 3.16. The molecule has 0 aromatic carbocycles. The summed E-state index contributed by atoms with van der Waals surface area (Å²) in [5, 5.41) is 6.01. The maximum Gasteiger partial charge on any atom is 0.322 e. The number of ether oxygens (including phenoxy) is 2. The van der Waals surface area contributed by atoms with Gasteiger partial charge in [-0.25, -0.2) is 0 Å². The van der Waals surface area contributed by atoms with Crippen molar-refractivity contribution in [3.8, 4) is 6.01 Å². The molecule has 90 valence electrons. The third-order valence-corrected chi connectivity index (χ3v) is 1.72. The van der Waals surface area contributed by atoms with Crippen LogP contribution in [0.2, 0.25) is 0 Å². The minimum Gasteiger partial charge on any atom is -0.467 e. The van der Waals surface area contributed by atoms with Crippen molar-refractivity contribution in [1.82, 2.24) is 15.0 Å². The number of hydrogen-bond acceptors (Lipinski definition) is 7. The Hall–Kier alpha value is -1.63. The Bertz CT molecular complexity index is 321. The van der Waals surface area contributed by atoms with E-state index in [0.717, 1.165) is 6.54 Å². The first-order valence-corrected chi connectivity index (χ1v) is 5.07. The van der Waals surface area contributed by atoms with Gasteiger partial charge in [-0.2, -0.15) is 15.0 Å². The van der Waals surface area contributed by atoms with Gasteiger partial charge >= 0.3 is 6.01 Å². The van der Waals surface area contributed by atoms with Crippen LogP contribution in [0, 0.1) is 0 Å². The van der Waals surface area contributed by atoms with Crippen molar-refractivity contribution < 1.29 is 9.47 Å². The minimum absolute atomic E-state index is 0.283. The van der Waals surface area contributed by atoms with Crippen molar-refractivity contribution in [2.45, 2.75) is 6.92 Å². The van der Waals surface area contributed by atoms with Gasteiger partial charge in [0.1, 0.15) is 0 Å². The Morgan fingerprint density at radius 3 is 2.31 bits per heavy atom. The van der Waals surface area contributed by atoms with Crippen molar-refractivity contribution >= 4 is 11.9 Å². The molecular weight excluding hydrogens is 210 g/mol. The van der Waals surface area contributed by atoms with Crippen LogP contribution in [0.25, 0.3) is 0 Å². The molecule has 0 aliphatic carbocycles. The smallest absolute Gasteiger partial charge is 0.322 e. The Labute approximate surface area is 94.6 Å². The predicted molar refractivity (Wildman–Crippen MR) is 60.9 cm³/mol. The highest BCUT2D eigenvalue weighted by atomic mass is 16.5. The monoisotopic (exact) mass is 227 g/mol. The topological polar surface area (TPSA) is 81.2 Å². The largest absolute Gasteiger partial charge is 0.467 e. The molecule has 0 aliphatic rings. The van der Waals surface area contributed by atoms with Gasteiger partial charge in [-0.1, -0.05) is 0 Å². The fourth-order valence-corrected chi connectivity index (χ4v) is 1.03. The molecule has 1 aromatic heterocycles. The summed E-state index contributed by atoms with van der Waals surface area (Å²) in [6.07, 6.45) is 0. The first-order chi connectivity index (χ1) is 7.80. The van der Waals surface area contributed by atoms with Crippen LogP contribution >= 0.6 is 0 Å². The Morgan fingerprint density at radius 2 is 1.75 bits per heavy atom. The number of nitrogens with one attached hydrogen (secondary N) is 2. The molecule has 1 aromatic rings. The van der Waals surface area contributed by atoms with E-state index in [9.17, 15) is 0 Å². The van der Waals surface area contributed by atoms with E-state index in [-0.39, 0.29) is 6.01 Å². The summed E-state index contributed by atoms with van der Waals surface area (Å²) in [4.78, 5) is 12.3. The van der Waals surface area contributed by atoms with Crippen LogP contribution in [0.3, 0.4) is 0 Å². The number of hydrogen-bond donors (Lipinski definition) is 2. The number of anilines is 2. The lowest BCUT2D eigenvalue weighted by molar-refractivity contribution is 0.210. The second-order valence-electron chi connectivity index (χ2n) is 2.92. The number of nitrogens with zero attached hydrogens (tertiary/aromatic N) is 3. The molecule has 2 N–H and O–H groups in total. The van der Waals surface area contributed by atoms with Gasteiger partial charge < -0.3 is 20.1 Å². The molecule has 16 heavy (non-hydrogen) atoms. The first kappa shape index (κ1) is 12.4. The van der Waals surface area contributed by atoms with Gasteiger partial charge in [-0.05, 0) is 6.92 Å². The van der Waals surface area contributed by atoms with Gasteiger partial charge in [-0.15, -0.1) is 0 Å². The highest BCUT2D eigenvalue weighted by Crippen LogP contribution is 2.09. The van der Waals surface area contributed by atoms with Crippen LogP contribution in [0.15, 0.2) is 0 Å². The van der Waals surface area contributed by atoms with E-state index in [1.165, 1.54) is 7.11 Å². The predicted octanol–water partition coefficient (Wildman–Crippen LogP) is 0.370. The maximum atomic E-state index is 4.97. The first-order valence-electron chi connectivity index (χ1n) is 5.07. The normalized spacial score (nSPS) is 9.94. The molecule has 0 fully saturated rings. The molecule has 1 heterocycles. The molecule has 7 nitrogen and oxygen atoms in total. The third kappa shape index (κ3) is 3.85. The molecule has 0 saturated heterocycles. The van der Waals surface area contributed by atoms with Gasteiger partial charge in [0.2, 0.25) is 11.9 Å². The van der Waals surface area contributed by atoms with Crippen LogP contribution in [-0.2, 0) is 4.74 Å². The minimum atomic E-state index is 0.283. The van der Waals surface area contributed by atoms with Crippen molar-refractivity contribution in [2.75, 3.05) is 44.5 Å². The molecule has 0 amide bonds. The fraction of sp³-hybridized carbons (Fsp3) is 0.667. The highest BCUT2D eigenvalue weighted by molar-refractivity contribution is 5.35. The molecule has 0 radical (unpaired) electrons. The highest BCUT2D eigenvalue weighted by Gasteiger charge is 2.05. The van der Waals surface area contributed by atoms with Crippen molar-refractivity contribution in [2.24, 2.45) is 0 Å². The van der Waals surface area contributed by atoms with Crippen LogP contribution in [0.5, 0.6) is 6.01 Å². The van der Waals surface area contributed by atoms with Crippen molar-refractivity contribution in [3.05, 3.63) is 0 Å². The molecule has 1 rings (SSSR count). The van der Waals surface area contributed by atoms with Crippen LogP contribution in [0.4, 0.5) is 11.9 Å². The lowest BCUT2D eigenvalue weighted by atomic mass is 10.6. The van der Waals surface area contributed by atoms with E-state index in [1.807, 2.05) is 6.92 Å². The Morgan fingerprint density at radius 1 is 1.06 bits per heavy atom. The second-order valence-corrected chi connectivity index (χ2v) is 2.92. The van der Waals surface area contributed by atoms with E-state index in [4.69, 9.17) is 9.47 Å². The molecular formula is C9H17N5O2. The van der Waals surface area contributed by atoms with Gasteiger partial charge in [0.05, 0.1) is 13.7 Å². The van der Waals surface area contributed by atoms with E-state index < -0.39 is 0 Å². The van der Waals surface area contributed by atoms with Gasteiger partial charge in [0.25, 0.3) is 0 Å². The molecule has 7 heteroatoms. The molecule has 0 aliphatic heterocycles. The number of aromatic nitrogens is 3. The molecule has 0 spiro atoms. The molecule has 0 saturated carbocycles. The average molecular weight is 227 g/mol. The van der Waals surface area contributed by atoms with E-state index in [2.05, 4.69) is 25.6 Å². The summed E-state index contributed by atoms with van der Waals surface area (Å²) >= 11 is 0. The van der Waals surface area contributed by atoms with Crippen LogP contribution < -0.4 is 15.4 Å². The summed E-state index contributed by atoms with van der Waals surface area (Å²) in [6.45, 7) is 3.93. The quantitative estimate of drug-likeness (QED) is 0.651. The summed E-state index contributed by atoms with van der Waals surface area (Å²) in [5.41, 5.74) is 0. The molecule has 0 unspecified atom stereocenters. The second kappa shape index (κ2) is 6.78. The van der Waals surface area contributed by atoms with E-state index in [1.54, 1.807) is 7.11 Å². The van der Waals surface area contributed by atoms with Gasteiger partial charge in [0, 0.05) is 20.2 Å². The lowest BCUT2D eigenvalue weighted by Gasteiger charge is -2.07. The zero-order valence-corrected chi connectivity index (χ0v) is 9.78. The van der Waals surface area contributed by atoms with Crippen LogP contribution in [-0.4, -0.2) is 48.9 Å². The SMILES string of the molecule is CCNc1nc(NCCOC)nc(OC)n1. The summed E-state index contributed by atoms with van der Waals surface area (Å²) in [5.74, 6) is 0.967.